The van der Waals surface area contributed by atoms with E-state index in [1.807, 2.05) is 38.1 Å². The van der Waals surface area contributed by atoms with E-state index in [0.29, 0.717) is 21.6 Å². The van der Waals surface area contributed by atoms with E-state index in [4.69, 9.17) is 16.3 Å². The average Bonchev–Trinajstić information content (AvgIpc) is 2.54. The lowest BCUT2D eigenvalue weighted by atomic mass is 10.0. The van der Waals surface area contributed by atoms with Crippen LogP contribution in [0.1, 0.15) is 24.2 Å². The van der Waals surface area contributed by atoms with Gasteiger partial charge < -0.3 is 9.84 Å². The molecule has 4 nitrogen and oxygen atoms in total. The molecule has 0 amide bonds. The molecule has 2 aromatic carbocycles. The molecule has 0 fully saturated rings. The van der Waals surface area contributed by atoms with E-state index in [1.165, 1.54) is 0 Å². The summed E-state index contributed by atoms with van der Waals surface area (Å²) in [5.74, 6) is -0.245. The van der Waals surface area contributed by atoms with Crippen molar-refractivity contribution < 1.29 is 14.6 Å². The number of carbonyl (C=O) groups is 1. The lowest BCUT2D eigenvalue weighted by Gasteiger charge is -2.11. The first-order chi connectivity index (χ1) is 11.4. The van der Waals surface area contributed by atoms with Crippen molar-refractivity contribution >= 4 is 28.5 Å². The molecule has 0 bridgehead atoms. The van der Waals surface area contributed by atoms with Crippen LogP contribution in [-0.2, 0) is 0 Å². The van der Waals surface area contributed by atoms with Crippen molar-refractivity contribution in [3.63, 3.8) is 0 Å². The van der Waals surface area contributed by atoms with E-state index in [0.717, 1.165) is 11.3 Å². The Kier molecular flexibility index (Phi) is 4.40. The lowest BCUT2D eigenvalue weighted by Crippen LogP contribution is -2.05. The number of benzene rings is 2. The molecule has 0 atom stereocenters. The minimum atomic E-state index is -1.01. The Balaban J connectivity index is 2.09. The molecule has 0 spiro atoms. The lowest BCUT2D eigenvalue weighted by molar-refractivity contribution is 0.0699. The minimum absolute atomic E-state index is 0.0954. The molecule has 0 aliphatic heterocycles. The summed E-state index contributed by atoms with van der Waals surface area (Å²) in [6.45, 7) is 3.92. The van der Waals surface area contributed by atoms with Crippen LogP contribution < -0.4 is 4.74 Å². The smallest absolute Gasteiger partial charge is 0.336 e. The third-order valence-electron chi connectivity index (χ3n) is 3.52. The van der Waals surface area contributed by atoms with Gasteiger partial charge in [-0.2, -0.15) is 0 Å². The molecule has 122 valence electrons. The second-order valence-electron chi connectivity index (χ2n) is 5.71. The molecule has 0 aliphatic carbocycles. The van der Waals surface area contributed by atoms with Gasteiger partial charge in [0.1, 0.15) is 5.75 Å². The van der Waals surface area contributed by atoms with E-state index in [2.05, 4.69) is 4.98 Å². The van der Waals surface area contributed by atoms with Crippen LogP contribution in [0.3, 0.4) is 0 Å². The van der Waals surface area contributed by atoms with Gasteiger partial charge in [0.25, 0.3) is 0 Å². The Hall–Kier alpha value is -2.59. The Morgan fingerprint density at radius 3 is 2.46 bits per heavy atom. The molecule has 0 radical (unpaired) electrons. The molecular weight excluding hydrogens is 326 g/mol. The van der Waals surface area contributed by atoms with Crippen LogP contribution in [0.15, 0.2) is 48.5 Å². The number of ether oxygens (including phenoxy) is 1. The molecule has 0 aliphatic rings. The number of pyridine rings is 1. The van der Waals surface area contributed by atoms with Gasteiger partial charge >= 0.3 is 5.97 Å². The van der Waals surface area contributed by atoms with Gasteiger partial charge in [0.05, 0.1) is 22.9 Å². The zero-order valence-corrected chi connectivity index (χ0v) is 14.0. The number of aromatic nitrogens is 1. The van der Waals surface area contributed by atoms with Crippen molar-refractivity contribution in [2.45, 2.75) is 20.0 Å². The minimum Gasteiger partial charge on any atom is -0.491 e. The number of carboxylic acid groups (broad SMARTS) is 1. The first-order valence-electron chi connectivity index (χ1n) is 7.55. The van der Waals surface area contributed by atoms with E-state index < -0.39 is 5.97 Å². The Morgan fingerprint density at radius 2 is 1.83 bits per heavy atom. The maximum Gasteiger partial charge on any atom is 0.336 e. The fourth-order valence-corrected chi connectivity index (χ4v) is 2.67. The summed E-state index contributed by atoms with van der Waals surface area (Å²) in [6.07, 6.45) is 0.0954. The highest BCUT2D eigenvalue weighted by atomic mass is 35.5. The van der Waals surface area contributed by atoms with Gasteiger partial charge in [-0.1, -0.05) is 11.6 Å². The largest absolute Gasteiger partial charge is 0.491 e. The summed E-state index contributed by atoms with van der Waals surface area (Å²) < 4.78 is 5.62. The highest BCUT2D eigenvalue weighted by Crippen LogP contribution is 2.28. The second-order valence-corrected chi connectivity index (χ2v) is 6.15. The number of fused-ring (bicyclic) bond motifs is 1. The predicted molar refractivity (Wildman–Crippen MR) is 94.9 cm³/mol. The standard InChI is InChI=1S/C19H16ClNO3/c1-11(2)24-14-6-3-12(4-7-14)18-10-16(19(22)23)15-9-13(20)5-8-17(15)21-18/h3-11H,1-2H3,(H,22,23). The first-order valence-corrected chi connectivity index (χ1v) is 7.92. The molecule has 0 saturated heterocycles. The van der Waals surface area contributed by atoms with Crippen molar-refractivity contribution in [3.8, 4) is 17.0 Å². The van der Waals surface area contributed by atoms with Gasteiger partial charge in [-0.05, 0) is 62.4 Å². The molecule has 1 aromatic heterocycles. The Labute approximate surface area is 144 Å². The molecule has 5 heteroatoms. The maximum absolute atomic E-state index is 11.6. The average molecular weight is 342 g/mol. The van der Waals surface area contributed by atoms with Crippen molar-refractivity contribution in [3.05, 3.63) is 59.1 Å². The molecule has 3 aromatic rings. The number of carboxylic acids is 1. The number of aromatic carboxylic acids is 1. The fourth-order valence-electron chi connectivity index (χ4n) is 2.50. The molecule has 3 rings (SSSR count). The highest BCUT2D eigenvalue weighted by Gasteiger charge is 2.13. The van der Waals surface area contributed by atoms with Crippen LogP contribution in [0.4, 0.5) is 0 Å². The quantitative estimate of drug-likeness (QED) is 0.722. The molecule has 24 heavy (non-hydrogen) atoms. The van der Waals surface area contributed by atoms with E-state index in [-0.39, 0.29) is 11.7 Å². The third-order valence-corrected chi connectivity index (χ3v) is 3.76. The summed E-state index contributed by atoms with van der Waals surface area (Å²) in [5.41, 5.74) is 2.19. The first kappa shape index (κ1) is 16.3. The van der Waals surface area contributed by atoms with Crippen LogP contribution in [0.25, 0.3) is 22.2 Å². The fraction of sp³-hybridized carbons (Fsp3) is 0.158. The van der Waals surface area contributed by atoms with E-state index in [9.17, 15) is 9.90 Å². The summed E-state index contributed by atoms with van der Waals surface area (Å²) in [7, 11) is 0. The van der Waals surface area contributed by atoms with Gasteiger partial charge in [-0.3, -0.25) is 0 Å². The van der Waals surface area contributed by atoms with E-state index >= 15 is 0 Å². The number of rotatable bonds is 4. The predicted octanol–water partition coefficient (Wildman–Crippen LogP) is 5.04. The summed E-state index contributed by atoms with van der Waals surface area (Å²) in [4.78, 5) is 16.2. The SMILES string of the molecule is CC(C)Oc1ccc(-c2cc(C(=O)O)c3cc(Cl)ccc3n2)cc1. The summed E-state index contributed by atoms with van der Waals surface area (Å²) >= 11 is 5.98. The number of hydrogen-bond acceptors (Lipinski definition) is 3. The van der Waals surface area contributed by atoms with E-state index in [1.54, 1.807) is 24.3 Å². The van der Waals surface area contributed by atoms with Gasteiger partial charge in [0.15, 0.2) is 0 Å². The normalized spacial score (nSPS) is 11.0. The van der Waals surface area contributed by atoms with Crippen molar-refractivity contribution in [2.75, 3.05) is 0 Å². The van der Waals surface area contributed by atoms with Gasteiger partial charge in [-0.15, -0.1) is 0 Å². The monoisotopic (exact) mass is 341 g/mol. The number of halogens is 1. The van der Waals surface area contributed by atoms with Crippen LogP contribution >= 0.6 is 11.6 Å². The second kappa shape index (κ2) is 6.49. The number of hydrogen-bond donors (Lipinski definition) is 1. The van der Waals surface area contributed by atoms with Gasteiger partial charge in [0.2, 0.25) is 0 Å². The molecule has 0 saturated carbocycles. The van der Waals surface area contributed by atoms with Crippen LogP contribution in [0.5, 0.6) is 5.75 Å². The van der Waals surface area contributed by atoms with Crippen molar-refractivity contribution in [1.29, 1.82) is 0 Å². The van der Waals surface area contributed by atoms with Crippen LogP contribution in [-0.4, -0.2) is 22.2 Å². The summed E-state index contributed by atoms with van der Waals surface area (Å²) in [5, 5.41) is 10.5. The number of nitrogens with zero attached hydrogens (tertiary/aromatic N) is 1. The molecule has 1 heterocycles. The van der Waals surface area contributed by atoms with Crippen molar-refractivity contribution in [1.82, 2.24) is 4.98 Å². The highest BCUT2D eigenvalue weighted by molar-refractivity contribution is 6.31. The molecular formula is C19H16ClNO3. The van der Waals surface area contributed by atoms with Crippen LogP contribution in [0, 0.1) is 0 Å². The van der Waals surface area contributed by atoms with Crippen LogP contribution in [0.2, 0.25) is 5.02 Å². The van der Waals surface area contributed by atoms with Crippen molar-refractivity contribution in [2.24, 2.45) is 0 Å². The topological polar surface area (TPSA) is 59.4 Å². The molecule has 0 unspecified atom stereocenters. The Morgan fingerprint density at radius 1 is 1.12 bits per heavy atom. The Bertz CT molecular complexity index is 904. The third kappa shape index (κ3) is 3.34. The zero-order valence-electron chi connectivity index (χ0n) is 13.3. The maximum atomic E-state index is 11.6. The molecule has 1 N–H and O–H groups in total. The zero-order chi connectivity index (χ0) is 17.3. The van der Waals surface area contributed by atoms with Gasteiger partial charge in [0, 0.05) is 16.0 Å². The van der Waals surface area contributed by atoms with Gasteiger partial charge in [-0.25, -0.2) is 9.78 Å². The summed E-state index contributed by atoms with van der Waals surface area (Å²) in [6, 6.07) is 14.1.